The zero-order valence-corrected chi connectivity index (χ0v) is 13.8. The minimum absolute atomic E-state index is 0.0386. The average molecular weight is 355 g/mol. The summed E-state index contributed by atoms with van der Waals surface area (Å²) in [5, 5.41) is 0. The molecule has 112 valence electrons. The largest absolute Gasteiger partial charge is 0.497 e. The molecular weight excluding hydrogens is 338 g/mol. The zero-order valence-electron chi connectivity index (χ0n) is 12.2. The van der Waals surface area contributed by atoms with Gasteiger partial charge in [-0.3, -0.25) is 0 Å². The van der Waals surface area contributed by atoms with Gasteiger partial charge in [-0.25, -0.2) is 8.78 Å². The highest BCUT2D eigenvalue weighted by Gasteiger charge is 2.20. The maximum Gasteiger partial charge on any atom is 0.134 e. The highest BCUT2D eigenvalue weighted by Crippen LogP contribution is 2.34. The molecule has 0 saturated heterocycles. The van der Waals surface area contributed by atoms with E-state index in [0.717, 1.165) is 16.7 Å². The third-order valence-corrected chi connectivity index (χ3v) is 4.29. The quantitative estimate of drug-likeness (QED) is 0.679. The van der Waals surface area contributed by atoms with E-state index in [1.54, 1.807) is 0 Å². The molecule has 0 amide bonds. The highest BCUT2D eigenvalue weighted by molar-refractivity contribution is 9.09. The number of benzene rings is 2. The van der Waals surface area contributed by atoms with E-state index in [0.29, 0.717) is 6.42 Å². The fraction of sp³-hybridized carbons (Fsp3) is 0.294. The van der Waals surface area contributed by atoms with E-state index in [1.807, 2.05) is 32.0 Å². The summed E-state index contributed by atoms with van der Waals surface area (Å²) in [7, 11) is 1.38. The molecule has 2 rings (SSSR count). The molecular formula is C17H17BrF2O. The van der Waals surface area contributed by atoms with Gasteiger partial charge in [0.05, 0.1) is 7.11 Å². The number of rotatable bonds is 4. The van der Waals surface area contributed by atoms with Gasteiger partial charge in [-0.05, 0) is 31.4 Å². The van der Waals surface area contributed by atoms with Gasteiger partial charge in [0.2, 0.25) is 0 Å². The Balaban J connectivity index is 2.32. The monoisotopic (exact) mass is 354 g/mol. The van der Waals surface area contributed by atoms with E-state index < -0.39 is 16.5 Å². The molecule has 0 saturated carbocycles. The molecule has 0 fully saturated rings. The molecule has 0 aliphatic carbocycles. The minimum Gasteiger partial charge on any atom is -0.497 e. The Labute approximate surface area is 132 Å². The fourth-order valence-corrected chi connectivity index (χ4v) is 3.08. The van der Waals surface area contributed by atoms with Gasteiger partial charge in [0.15, 0.2) is 0 Å². The first-order valence-corrected chi connectivity index (χ1v) is 7.57. The third kappa shape index (κ3) is 3.62. The van der Waals surface area contributed by atoms with Gasteiger partial charge in [0.25, 0.3) is 0 Å². The van der Waals surface area contributed by atoms with Crippen LogP contribution in [0.2, 0.25) is 0 Å². The van der Waals surface area contributed by atoms with Gasteiger partial charge in [-0.2, -0.15) is 0 Å². The second-order valence-electron chi connectivity index (χ2n) is 5.11. The van der Waals surface area contributed by atoms with Crippen LogP contribution >= 0.6 is 15.9 Å². The second-order valence-corrected chi connectivity index (χ2v) is 6.21. The first-order valence-electron chi connectivity index (χ1n) is 6.65. The van der Waals surface area contributed by atoms with E-state index in [1.165, 1.54) is 19.2 Å². The predicted octanol–water partition coefficient (Wildman–Crippen LogP) is 5.27. The Kier molecular flexibility index (Phi) is 4.99. The molecule has 0 aliphatic rings. The number of methoxy groups -OCH3 is 1. The van der Waals surface area contributed by atoms with Crippen molar-refractivity contribution >= 4 is 15.9 Å². The first kappa shape index (κ1) is 16.0. The van der Waals surface area contributed by atoms with Crippen molar-refractivity contribution in [3.8, 4) is 5.75 Å². The van der Waals surface area contributed by atoms with Crippen molar-refractivity contribution in [1.82, 2.24) is 0 Å². The summed E-state index contributed by atoms with van der Waals surface area (Å²) in [6.45, 7) is 4.00. The average Bonchev–Trinajstić information content (AvgIpc) is 2.42. The molecule has 0 radical (unpaired) electrons. The van der Waals surface area contributed by atoms with Crippen molar-refractivity contribution in [2.45, 2.75) is 25.1 Å². The molecule has 0 heterocycles. The van der Waals surface area contributed by atoms with E-state index in [2.05, 4.69) is 15.9 Å². The molecule has 1 atom stereocenters. The molecule has 2 aromatic carbocycles. The summed E-state index contributed by atoms with van der Waals surface area (Å²) < 4.78 is 33.0. The van der Waals surface area contributed by atoms with E-state index in [-0.39, 0.29) is 11.3 Å². The summed E-state index contributed by atoms with van der Waals surface area (Å²) in [4.78, 5) is -0.427. The van der Waals surface area contributed by atoms with Gasteiger partial charge in [-0.1, -0.05) is 39.7 Å². The molecule has 4 heteroatoms. The molecule has 2 aromatic rings. The number of ether oxygens (including phenoxy) is 1. The standard InChI is InChI=1S/C17H17BrF2O/c1-10-4-5-11(2)12(6-10)7-14(18)17-15(19)8-13(21-3)9-16(17)20/h4-6,8-9,14H,7H2,1-3H3. The Morgan fingerprint density at radius 2 is 1.71 bits per heavy atom. The van der Waals surface area contributed by atoms with Crippen LogP contribution in [0.25, 0.3) is 0 Å². The first-order chi connectivity index (χ1) is 9.92. The Bertz CT molecular complexity index is 632. The lowest BCUT2D eigenvalue weighted by molar-refractivity contribution is 0.405. The molecule has 0 spiro atoms. The van der Waals surface area contributed by atoms with Crippen LogP contribution in [0.1, 0.15) is 27.1 Å². The number of halogens is 3. The molecule has 0 N–H and O–H groups in total. The van der Waals surface area contributed by atoms with Crippen molar-refractivity contribution in [1.29, 1.82) is 0 Å². The second kappa shape index (κ2) is 6.56. The highest BCUT2D eigenvalue weighted by atomic mass is 79.9. The van der Waals surface area contributed by atoms with Crippen LogP contribution in [-0.4, -0.2) is 7.11 Å². The van der Waals surface area contributed by atoms with Gasteiger partial charge in [0, 0.05) is 22.5 Å². The Hall–Kier alpha value is -1.42. The van der Waals surface area contributed by atoms with Crippen LogP contribution in [0.5, 0.6) is 5.75 Å². The fourth-order valence-electron chi connectivity index (χ4n) is 2.29. The van der Waals surface area contributed by atoms with Crippen LogP contribution < -0.4 is 4.74 Å². The molecule has 0 bridgehead atoms. The summed E-state index contributed by atoms with van der Waals surface area (Å²) in [6.07, 6.45) is 0.522. The summed E-state index contributed by atoms with van der Waals surface area (Å²) in [5.74, 6) is -1.02. The van der Waals surface area contributed by atoms with Crippen LogP contribution in [0.4, 0.5) is 8.78 Å². The van der Waals surface area contributed by atoms with Crippen molar-refractivity contribution in [2.75, 3.05) is 7.11 Å². The summed E-state index contributed by atoms with van der Waals surface area (Å²) >= 11 is 3.41. The van der Waals surface area contributed by atoms with Crippen LogP contribution in [0, 0.1) is 25.5 Å². The predicted molar refractivity (Wildman–Crippen MR) is 84.2 cm³/mol. The number of alkyl halides is 1. The lowest BCUT2D eigenvalue weighted by Gasteiger charge is -2.15. The molecule has 21 heavy (non-hydrogen) atoms. The lowest BCUT2D eigenvalue weighted by Crippen LogP contribution is -2.04. The van der Waals surface area contributed by atoms with Crippen LogP contribution in [0.15, 0.2) is 30.3 Å². The van der Waals surface area contributed by atoms with E-state index >= 15 is 0 Å². The Morgan fingerprint density at radius 3 is 2.29 bits per heavy atom. The van der Waals surface area contributed by atoms with Crippen molar-refractivity contribution in [2.24, 2.45) is 0 Å². The topological polar surface area (TPSA) is 9.23 Å². The Morgan fingerprint density at radius 1 is 1.10 bits per heavy atom. The number of hydrogen-bond acceptors (Lipinski definition) is 1. The maximum atomic E-state index is 14.1. The smallest absolute Gasteiger partial charge is 0.134 e. The molecule has 1 unspecified atom stereocenters. The SMILES string of the molecule is COc1cc(F)c(C(Br)Cc2cc(C)ccc2C)c(F)c1. The zero-order chi connectivity index (χ0) is 15.6. The van der Waals surface area contributed by atoms with Crippen molar-refractivity contribution < 1.29 is 13.5 Å². The van der Waals surface area contributed by atoms with E-state index in [4.69, 9.17) is 4.74 Å². The number of hydrogen-bond donors (Lipinski definition) is 0. The van der Waals surface area contributed by atoms with Crippen molar-refractivity contribution in [3.63, 3.8) is 0 Å². The van der Waals surface area contributed by atoms with Gasteiger partial charge in [-0.15, -0.1) is 0 Å². The third-order valence-electron chi connectivity index (χ3n) is 3.51. The van der Waals surface area contributed by atoms with Gasteiger partial charge in [0.1, 0.15) is 17.4 Å². The van der Waals surface area contributed by atoms with Gasteiger partial charge >= 0.3 is 0 Å². The molecule has 0 aromatic heterocycles. The summed E-state index contributed by atoms with van der Waals surface area (Å²) in [6, 6.07) is 8.50. The van der Waals surface area contributed by atoms with Crippen molar-refractivity contribution in [3.05, 3.63) is 64.2 Å². The van der Waals surface area contributed by atoms with Crippen LogP contribution in [0.3, 0.4) is 0 Å². The number of aryl methyl sites for hydroxylation is 2. The lowest BCUT2D eigenvalue weighted by atomic mass is 9.98. The van der Waals surface area contributed by atoms with Crippen LogP contribution in [-0.2, 0) is 6.42 Å². The summed E-state index contributed by atoms with van der Waals surface area (Å²) in [5.41, 5.74) is 3.36. The minimum atomic E-state index is -0.598. The van der Waals surface area contributed by atoms with E-state index in [9.17, 15) is 8.78 Å². The van der Waals surface area contributed by atoms with Gasteiger partial charge < -0.3 is 4.74 Å². The molecule has 1 nitrogen and oxygen atoms in total. The normalized spacial score (nSPS) is 12.3. The molecule has 0 aliphatic heterocycles. The maximum absolute atomic E-state index is 14.1.